The maximum Gasteiger partial charge on any atom is 0.188 e. The van der Waals surface area contributed by atoms with Crippen LogP contribution >= 0.6 is 0 Å². The third kappa shape index (κ3) is 1.45. The van der Waals surface area contributed by atoms with Crippen molar-refractivity contribution in [1.82, 2.24) is 5.43 Å². The van der Waals surface area contributed by atoms with Crippen LogP contribution in [0.4, 0.5) is 0 Å². The van der Waals surface area contributed by atoms with Crippen molar-refractivity contribution in [3.63, 3.8) is 0 Å². The number of hydrazone groups is 1. The lowest BCUT2D eigenvalue weighted by molar-refractivity contribution is -0.116. The molecule has 1 N–H and O–H groups in total. The number of carbonyl (C=O) groups excluding carboxylic acids is 1. The van der Waals surface area contributed by atoms with Gasteiger partial charge in [0.2, 0.25) is 0 Å². The second-order valence-electron chi connectivity index (χ2n) is 2.26. The summed E-state index contributed by atoms with van der Waals surface area (Å²) in [4.78, 5) is 10.9. The molecule has 3 nitrogen and oxygen atoms in total. The van der Waals surface area contributed by atoms with Crippen LogP contribution in [0.5, 0.6) is 0 Å². The van der Waals surface area contributed by atoms with Crippen LogP contribution in [0.15, 0.2) is 11.2 Å². The molecule has 0 bridgehead atoms. The van der Waals surface area contributed by atoms with Crippen molar-refractivity contribution in [2.75, 3.05) is 0 Å². The van der Waals surface area contributed by atoms with E-state index in [1.54, 1.807) is 0 Å². The minimum absolute atomic E-state index is 0.0804. The van der Waals surface area contributed by atoms with Gasteiger partial charge in [0.1, 0.15) is 6.04 Å². The Labute approximate surface area is 59.8 Å². The van der Waals surface area contributed by atoms with Gasteiger partial charge in [-0.2, -0.15) is 0 Å². The Balaban J connectivity index is 2.51. The van der Waals surface area contributed by atoms with Crippen LogP contribution in [0, 0.1) is 0 Å². The summed E-state index contributed by atoms with van der Waals surface area (Å²) in [6.45, 7) is 2.04. The molecule has 0 fully saturated rings. The highest BCUT2D eigenvalue weighted by Crippen LogP contribution is 1.99. The van der Waals surface area contributed by atoms with Crippen LogP contribution in [0.3, 0.4) is 0 Å². The Morgan fingerprint density at radius 2 is 2.70 bits per heavy atom. The van der Waals surface area contributed by atoms with Gasteiger partial charge in [-0.15, -0.1) is 5.10 Å². The van der Waals surface area contributed by atoms with Gasteiger partial charge in [0.05, 0.1) is 0 Å². The van der Waals surface area contributed by atoms with Gasteiger partial charge >= 0.3 is 0 Å². The summed E-state index contributed by atoms with van der Waals surface area (Å²) >= 11 is 0. The summed E-state index contributed by atoms with van der Waals surface area (Å²) in [5, 5.41) is 3.65. The van der Waals surface area contributed by atoms with Gasteiger partial charge < -0.3 is 0 Å². The second kappa shape index (κ2) is 3.18. The highest BCUT2D eigenvalue weighted by Gasteiger charge is 2.15. The summed E-state index contributed by atoms with van der Waals surface area (Å²) in [5.74, 6) is 2.54. The van der Waals surface area contributed by atoms with Gasteiger partial charge in [-0.05, 0) is 6.42 Å². The fourth-order valence-electron chi connectivity index (χ4n) is 0.871. The number of ketones is 1. The van der Waals surface area contributed by atoms with Crippen molar-refractivity contribution < 1.29 is 4.79 Å². The molecule has 0 saturated carbocycles. The van der Waals surface area contributed by atoms with Crippen LogP contribution in [0.2, 0.25) is 0 Å². The van der Waals surface area contributed by atoms with E-state index in [-0.39, 0.29) is 11.8 Å². The summed E-state index contributed by atoms with van der Waals surface area (Å²) in [7, 11) is 0. The van der Waals surface area contributed by atoms with E-state index < -0.39 is 0 Å². The lowest BCUT2D eigenvalue weighted by Gasteiger charge is -2.12. The Kier molecular flexibility index (Phi) is 2.24. The van der Waals surface area contributed by atoms with E-state index in [1.807, 2.05) is 6.92 Å². The lowest BCUT2D eigenvalue weighted by Crippen LogP contribution is -2.34. The Hall–Kier alpha value is -1.08. The maximum absolute atomic E-state index is 10.9. The molecule has 0 radical (unpaired) electrons. The zero-order valence-corrected chi connectivity index (χ0v) is 5.92. The molecular formula is C7H10N2O. The van der Waals surface area contributed by atoms with Gasteiger partial charge in [0.15, 0.2) is 5.78 Å². The molecule has 1 rings (SSSR count). The Morgan fingerprint density at radius 1 is 1.90 bits per heavy atom. The minimum atomic E-state index is -0.105. The first-order chi connectivity index (χ1) is 4.84. The van der Waals surface area contributed by atoms with Gasteiger partial charge in [-0.25, -0.2) is 0 Å². The standard InChI is InChI=1S/C7H10N2O/c1-2-3-6-7(10)4-5-8-9-6/h4,6,9H,2-3H2,1H3. The first kappa shape index (κ1) is 7.03. The van der Waals surface area contributed by atoms with E-state index in [4.69, 9.17) is 0 Å². The molecule has 0 spiro atoms. The topological polar surface area (TPSA) is 41.5 Å². The predicted octanol–water partition coefficient (Wildman–Crippen LogP) is 0.468. The molecule has 0 aromatic heterocycles. The largest absolute Gasteiger partial charge is 0.292 e. The molecule has 10 heavy (non-hydrogen) atoms. The average Bonchev–Trinajstić information content (AvgIpc) is 1.94. The first-order valence-corrected chi connectivity index (χ1v) is 3.42. The van der Waals surface area contributed by atoms with Gasteiger partial charge in [0.25, 0.3) is 0 Å². The normalized spacial score (nSPS) is 22.9. The molecule has 1 heterocycles. The fraction of sp³-hybridized carbons (Fsp3) is 0.571. The van der Waals surface area contributed by atoms with Crippen LogP contribution in [0.1, 0.15) is 19.8 Å². The molecule has 0 saturated heterocycles. The number of hydrogen-bond acceptors (Lipinski definition) is 3. The molecule has 0 aliphatic carbocycles. The van der Waals surface area contributed by atoms with Crippen molar-refractivity contribution in [2.24, 2.45) is 5.10 Å². The van der Waals surface area contributed by atoms with Crippen molar-refractivity contribution >= 4 is 11.7 Å². The second-order valence-corrected chi connectivity index (χ2v) is 2.26. The maximum atomic E-state index is 10.9. The van der Waals surface area contributed by atoms with E-state index in [0.717, 1.165) is 12.8 Å². The average molecular weight is 138 g/mol. The van der Waals surface area contributed by atoms with Crippen LogP contribution < -0.4 is 5.43 Å². The lowest BCUT2D eigenvalue weighted by atomic mass is 10.1. The van der Waals surface area contributed by atoms with E-state index in [1.165, 1.54) is 6.08 Å². The molecule has 0 amide bonds. The van der Waals surface area contributed by atoms with Crippen molar-refractivity contribution in [1.29, 1.82) is 0 Å². The number of nitrogens with zero attached hydrogens (tertiary/aromatic N) is 1. The molecule has 54 valence electrons. The minimum Gasteiger partial charge on any atom is -0.292 e. The SMILES string of the molecule is CCCC1NN=C=CC1=O. The highest BCUT2D eigenvalue weighted by molar-refractivity contribution is 6.01. The van der Waals surface area contributed by atoms with E-state index in [9.17, 15) is 4.79 Å². The molecule has 1 atom stereocenters. The fourth-order valence-corrected chi connectivity index (χ4v) is 0.871. The van der Waals surface area contributed by atoms with Crippen LogP contribution in [-0.4, -0.2) is 17.7 Å². The van der Waals surface area contributed by atoms with Gasteiger partial charge in [0, 0.05) is 11.9 Å². The summed E-state index contributed by atoms with van der Waals surface area (Å²) < 4.78 is 0. The number of nitrogens with one attached hydrogen (secondary N) is 1. The van der Waals surface area contributed by atoms with E-state index in [0.29, 0.717) is 0 Å². The van der Waals surface area contributed by atoms with E-state index >= 15 is 0 Å². The van der Waals surface area contributed by atoms with E-state index in [2.05, 4.69) is 16.4 Å². The molecule has 0 aromatic carbocycles. The third-order valence-electron chi connectivity index (χ3n) is 1.41. The zero-order chi connectivity index (χ0) is 7.40. The Bertz CT molecular complexity index is 192. The smallest absolute Gasteiger partial charge is 0.188 e. The molecule has 1 aliphatic heterocycles. The Morgan fingerprint density at radius 3 is 3.30 bits per heavy atom. The van der Waals surface area contributed by atoms with Crippen molar-refractivity contribution in [3.8, 4) is 0 Å². The predicted molar refractivity (Wildman–Crippen MR) is 38.8 cm³/mol. The quantitative estimate of drug-likeness (QED) is 0.602. The summed E-state index contributed by atoms with van der Waals surface area (Å²) in [6.07, 6.45) is 3.23. The van der Waals surface area contributed by atoms with Crippen LogP contribution in [0.25, 0.3) is 0 Å². The molecular weight excluding hydrogens is 128 g/mol. The zero-order valence-electron chi connectivity index (χ0n) is 5.92. The first-order valence-electron chi connectivity index (χ1n) is 3.42. The number of hydrogen-bond donors (Lipinski definition) is 1. The molecule has 3 heteroatoms. The highest BCUT2D eigenvalue weighted by atomic mass is 16.1. The van der Waals surface area contributed by atoms with Crippen LogP contribution in [-0.2, 0) is 4.79 Å². The summed E-state index contributed by atoms with van der Waals surface area (Å²) in [6, 6.07) is -0.105. The van der Waals surface area contributed by atoms with Crippen molar-refractivity contribution in [2.45, 2.75) is 25.8 Å². The van der Waals surface area contributed by atoms with Gasteiger partial charge in [-0.1, -0.05) is 13.3 Å². The monoisotopic (exact) mass is 138 g/mol. The number of rotatable bonds is 2. The summed E-state index contributed by atoms with van der Waals surface area (Å²) in [5.41, 5.74) is 2.70. The van der Waals surface area contributed by atoms with Gasteiger partial charge in [-0.3, -0.25) is 10.2 Å². The van der Waals surface area contributed by atoms with Crippen molar-refractivity contribution in [3.05, 3.63) is 6.08 Å². The molecule has 1 aliphatic rings. The third-order valence-corrected chi connectivity index (χ3v) is 1.41. The molecule has 0 aromatic rings. The molecule has 1 unspecified atom stereocenters. The number of carbonyl (C=O) groups is 1.